The molecule has 4 aliphatic heterocycles. The van der Waals surface area contributed by atoms with Gasteiger partial charge in [0.25, 0.3) is 0 Å². The van der Waals surface area contributed by atoms with Crippen molar-refractivity contribution in [2.75, 3.05) is 9.80 Å². The predicted octanol–water partition coefficient (Wildman–Crippen LogP) is 26.6. The summed E-state index contributed by atoms with van der Waals surface area (Å²) in [6.07, 6.45) is 0. The van der Waals surface area contributed by atoms with Gasteiger partial charge in [0.05, 0.1) is 45.2 Å². The van der Waals surface area contributed by atoms with Gasteiger partial charge >= 0.3 is 0 Å². The molecule has 0 saturated heterocycles. The summed E-state index contributed by atoms with van der Waals surface area (Å²) in [6, 6.07) is 118. The number of hydrogen-bond donors (Lipinski definition) is 0. The molecule has 3 nitrogen and oxygen atoms in total. The molecule has 4 aliphatic rings. The molecule has 20 rings (SSSR count). The van der Waals surface area contributed by atoms with Crippen molar-refractivity contribution in [1.29, 1.82) is 0 Å². The van der Waals surface area contributed by atoms with Gasteiger partial charge in [-0.15, -0.1) is 0 Å². The van der Waals surface area contributed by atoms with E-state index in [1.807, 2.05) is 0 Å². The van der Waals surface area contributed by atoms with Crippen LogP contribution in [0.1, 0.15) is 99.9 Å². The molecule has 482 valence electrons. The Morgan fingerprint density at radius 1 is 0.208 bits per heavy atom. The first-order valence-electron chi connectivity index (χ1n) is 35.9. The normalized spacial score (nSPS) is 15.2. The third-order valence-corrected chi connectivity index (χ3v) is 23.9. The van der Waals surface area contributed by atoms with Crippen molar-refractivity contribution in [2.45, 2.75) is 77.0 Å². The van der Waals surface area contributed by atoms with E-state index in [2.05, 4.69) is 379 Å². The Bertz CT molecular complexity index is 5900. The van der Waals surface area contributed by atoms with E-state index >= 15 is 0 Å². The van der Waals surface area contributed by atoms with Crippen LogP contribution in [0.15, 0.2) is 309 Å². The highest BCUT2D eigenvalue weighted by atomic mass is 15.2. The van der Waals surface area contributed by atoms with Crippen LogP contribution in [0.2, 0.25) is 0 Å². The number of rotatable bonds is 7. The molecule has 16 aromatic rings. The maximum absolute atomic E-state index is 2.63. The molecule has 0 aliphatic carbocycles. The Labute approximate surface area is 591 Å². The van der Waals surface area contributed by atoms with Crippen LogP contribution in [0, 0.1) is 0 Å². The predicted molar refractivity (Wildman–Crippen MR) is 426 cm³/mol. The van der Waals surface area contributed by atoms with Crippen molar-refractivity contribution >= 4 is 77.5 Å². The van der Waals surface area contributed by atoms with Crippen molar-refractivity contribution < 1.29 is 0 Å². The maximum Gasteiger partial charge on any atom is 0.0544 e. The highest BCUT2D eigenvalue weighted by Gasteiger charge is 2.48. The fraction of sp³-hybridized carbons (Fsp3) is 0.122. The van der Waals surface area contributed by atoms with Gasteiger partial charge in [0.1, 0.15) is 0 Å². The third-order valence-electron chi connectivity index (χ3n) is 23.9. The van der Waals surface area contributed by atoms with E-state index in [4.69, 9.17) is 0 Å². The Morgan fingerprint density at radius 2 is 0.505 bits per heavy atom. The molecular formula is C98H75N3. The molecule has 0 fully saturated rings. The second kappa shape index (κ2) is 21.4. The lowest BCUT2D eigenvalue weighted by Gasteiger charge is -2.50. The minimum atomic E-state index is -0.391. The van der Waals surface area contributed by atoms with Crippen LogP contribution < -0.4 is 9.80 Å². The summed E-state index contributed by atoms with van der Waals surface area (Å²) in [5.74, 6) is 0. The summed E-state index contributed by atoms with van der Waals surface area (Å²) in [7, 11) is 0. The van der Waals surface area contributed by atoms with E-state index in [0.717, 1.165) is 5.69 Å². The van der Waals surface area contributed by atoms with E-state index in [0.29, 0.717) is 0 Å². The number of fused-ring (bicyclic) bond motifs is 13. The van der Waals surface area contributed by atoms with Gasteiger partial charge in [-0.05, 0) is 242 Å². The van der Waals surface area contributed by atoms with Crippen molar-refractivity contribution in [1.82, 2.24) is 4.57 Å². The van der Waals surface area contributed by atoms with Crippen molar-refractivity contribution in [2.24, 2.45) is 0 Å². The number of para-hydroxylation sites is 1. The van der Waals surface area contributed by atoms with Gasteiger partial charge in [0, 0.05) is 38.1 Å². The molecule has 0 bridgehead atoms. The molecule has 3 heteroatoms. The van der Waals surface area contributed by atoms with Crippen LogP contribution in [0.3, 0.4) is 0 Å². The van der Waals surface area contributed by atoms with E-state index < -0.39 is 10.8 Å². The lowest BCUT2D eigenvalue weighted by Crippen LogP contribution is -2.38. The largest absolute Gasteiger partial charge is 0.309 e. The Morgan fingerprint density at radius 3 is 0.891 bits per heavy atom. The van der Waals surface area contributed by atoms with Crippen LogP contribution in [0.5, 0.6) is 0 Å². The third kappa shape index (κ3) is 8.60. The number of anilines is 6. The Kier molecular flexibility index (Phi) is 12.5. The van der Waals surface area contributed by atoms with Gasteiger partial charge in [-0.25, -0.2) is 0 Å². The first kappa shape index (κ1) is 59.3. The van der Waals surface area contributed by atoms with E-state index in [9.17, 15) is 0 Å². The first-order chi connectivity index (χ1) is 49.1. The molecule has 0 amide bonds. The molecule has 0 atom stereocenters. The van der Waals surface area contributed by atoms with Crippen molar-refractivity contribution in [3.63, 3.8) is 0 Å². The Balaban J connectivity index is 0.792. The van der Waals surface area contributed by atoms with Gasteiger partial charge in [-0.2, -0.15) is 0 Å². The number of aromatic nitrogens is 1. The minimum absolute atomic E-state index is 0.354. The smallest absolute Gasteiger partial charge is 0.0544 e. The SMILES string of the molecule is CC1(C)c2cc(-c3ccccc3)ccc2N2c3ccc(-c4ccccc4)cc3C(C)(C)c3cc(-c4ccc5c(c4)c4cc(-c6cc7c8c(c6)C(C)(C)c6cc(-c9cccc%10ccccc9%10)ccc6N8c6ccc(-c8cccc9ccccc89)cc6C7(C)C)ccc4n5-c4ccccc4)cc1c32. The van der Waals surface area contributed by atoms with Crippen molar-refractivity contribution in [3.05, 3.63) is 354 Å². The molecule has 0 unspecified atom stereocenters. The average Bonchev–Trinajstić information content (AvgIpc) is 1.08. The number of nitrogens with zero attached hydrogens (tertiary/aromatic N) is 3. The second-order valence-electron chi connectivity index (χ2n) is 30.9. The summed E-state index contributed by atoms with van der Waals surface area (Å²) in [6.45, 7) is 19.7. The average molecular weight is 1290 g/mol. The molecule has 15 aromatic carbocycles. The zero-order chi connectivity index (χ0) is 68.0. The van der Waals surface area contributed by atoms with Crippen LogP contribution in [0.4, 0.5) is 34.1 Å². The molecule has 1 aromatic heterocycles. The molecule has 101 heavy (non-hydrogen) atoms. The Hall–Kier alpha value is -11.8. The van der Waals surface area contributed by atoms with E-state index in [-0.39, 0.29) is 10.8 Å². The maximum atomic E-state index is 2.63. The zero-order valence-electron chi connectivity index (χ0n) is 58.3. The number of hydrogen-bond acceptors (Lipinski definition) is 2. The minimum Gasteiger partial charge on any atom is -0.309 e. The van der Waals surface area contributed by atoms with Gasteiger partial charge < -0.3 is 14.4 Å². The van der Waals surface area contributed by atoms with Crippen LogP contribution in [-0.2, 0) is 21.7 Å². The highest BCUT2D eigenvalue weighted by molar-refractivity contribution is 6.12. The monoisotopic (exact) mass is 1290 g/mol. The van der Waals surface area contributed by atoms with Crippen LogP contribution in [0.25, 0.3) is 116 Å². The number of benzene rings is 15. The van der Waals surface area contributed by atoms with Gasteiger partial charge in [-0.3, -0.25) is 0 Å². The summed E-state index contributed by atoms with van der Waals surface area (Å²) >= 11 is 0. The van der Waals surface area contributed by atoms with Crippen LogP contribution in [-0.4, -0.2) is 4.57 Å². The molecule has 0 spiro atoms. The quantitative estimate of drug-likeness (QED) is 0.158. The molecule has 0 radical (unpaired) electrons. The van der Waals surface area contributed by atoms with Crippen molar-refractivity contribution in [3.8, 4) is 72.4 Å². The molecule has 5 heterocycles. The molecule has 0 saturated carbocycles. The van der Waals surface area contributed by atoms with E-state index in [1.165, 1.54) is 189 Å². The van der Waals surface area contributed by atoms with Gasteiger partial charge in [0.15, 0.2) is 0 Å². The molecular weight excluding hydrogens is 1220 g/mol. The summed E-state index contributed by atoms with van der Waals surface area (Å²) in [4.78, 5) is 5.24. The zero-order valence-corrected chi connectivity index (χ0v) is 58.3. The summed E-state index contributed by atoms with van der Waals surface area (Å²) in [5, 5.41) is 7.47. The van der Waals surface area contributed by atoms with E-state index in [1.54, 1.807) is 0 Å². The first-order valence-corrected chi connectivity index (χ1v) is 35.9. The van der Waals surface area contributed by atoms with Crippen LogP contribution >= 0.6 is 0 Å². The fourth-order valence-electron chi connectivity index (χ4n) is 18.4. The molecule has 0 N–H and O–H groups in total. The fourth-order valence-corrected chi connectivity index (χ4v) is 18.4. The second-order valence-corrected chi connectivity index (χ2v) is 30.9. The van der Waals surface area contributed by atoms with Gasteiger partial charge in [0.2, 0.25) is 0 Å². The summed E-state index contributed by atoms with van der Waals surface area (Å²) < 4.78 is 2.48. The topological polar surface area (TPSA) is 11.4 Å². The highest BCUT2D eigenvalue weighted by Crippen LogP contribution is 2.64. The lowest BCUT2D eigenvalue weighted by atomic mass is 9.65. The summed E-state index contributed by atoms with van der Waals surface area (Å²) in [5.41, 5.74) is 34.9. The standard InChI is InChI=1S/C98H75N3/c1-95(2)79-52-66(60-24-12-9-13-25-60)40-46-89(79)100-90-47-41-67(61-26-14-10-15-27-61)53-80(90)96(3,4)84-57-70(56-83(95)93(84)100)64-38-44-87-77(50-64)78-51-65(39-45-88(78)99(87)72-32-16-11-17-33-72)71-58-85-94-86(59-71)98(7,8)82-55-69(76-37-23-31-63-29-19-21-35-74(63)76)43-49-92(82)101(94)91-48-42-68(54-81(91)97(85,5)6)75-36-22-30-62-28-18-20-34-73(62)75/h9-59H,1-8H3. The van der Waals surface area contributed by atoms with Gasteiger partial charge in [-0.1, -0.05) is 256 Å². The lowest BCUT2D eigenvalue weighted by molar-refractivity contribution is 0.597.